The molecular formula is C12H20N2O4. The Morgan fingerprint density at radius 1 is 1.28 bits per heavy atom. The number of amides is 1. The number of aliphatic carboxylic acids is 1. The molecule has 2 aliphatic heterocycles. The van der Waals surface area contributed by atoms with Crippen LogP contribution in [0.5, 0.6) is 0 Å². The summed E-state index contributed by atoms with van der Waals surface area (Å²) < 4.78 is 5.12. The molecule has 102 valence electrons. The van der Waals surface area contributed by atoms with Crippen molar-refractivity contribution < 1.29 is 19.4 Å². The number of morpholine rings is 1. The summed E-state index contributed by atoms with van der Waals surface area (Å²) >= 11 is 0. The van der Waals surface area contributed by atoms with Gasteiger partial charge in [0.15, 0.2) is 6.10 Å². The van der Waals surface area contributed by atoms with Gasteiger partial charge in [0, 0.05) is 6.54 Å². The molecule has 2 saturated heterocycles. The van der Waals surface area contributed by atoms with E-state index in [-0.39, 0.29) is 18.5 Å². The predicted octanol–water partition coefficient (Wildman–Crippen LogP) is -0.169. The van der Waals surface area contributed by atoms with E-state index in [0.717, 1.165) is 32.2 Å². The molecule has 0 bridgehead atoms. The molecule has 0 aromatic carbocycles. The Morgan fingerprint density at radius 2 is 2.11 bits per heavy atom. The van der Waals surface area contributed by atoms with Gasteiger partial charge < -0.3 is 20.1 Å². The van der Waals surface area contributed by atoms with Gasteiger partial charge in [-0.25, -0.2) is 4.79 Å². The van der Waals surface area contributed by atoms with Crippen molar-refractivity contribution in [3.05, 3.63) is 0 Å². The van der Waals surface area contributed by atoms with Crippen LogP contribution in [-0.4, -0.2) is 60.3 Å². The van der Waals surface area contributed by atoms with Crippen molar-refractivity contribution in [1.29, 1.82) is 0 Å². The number of carbonyl (C=O) groups is 2. The highest BCUT2D eigenvalue weighted by Gasteiger charge is 2.32. The smallest absolute Gasteiger partial charge is 0.334 e. The van der Waals surface area contributed by atoms with Gasteiger partial charge in [-0.2, -0.15) is 0 Å². The number of hydrogen-bond donors (Lipinski definition) is 2. The largest absolute Gasteiger partial charge is 0.479 e. The van der Waals surface area contributed by atoms with Gasteiger partial charge in [0.2, 0.25) is 5.91 Å². The molecule has 0 saturated carbocycles. The van der Waals surface area contributed by atoms with E-state index in [9.17, 15) is 9.59 Å². The van der Waals surface area contributed by atoms with Gasteiger partial charge in [-0.15, -0.1) is 0 Å². The summed E-state index contributed by atoms with van der Waals surface area (Å²) in [4.78, 5) is 24.8. The van der Waals surface area contributed by atoms with Gasteiger partial charge in [-0.3, -0.25) is 4.79 Å². The van der Waals surface area contributed by atoms with E-state index < -0.39 is 12.1 Å². The van der Waals surface area contributed by atoms with Crippen molar-refractivity contribution >= 4 is 11.9 Å². The summed E-state index contributed by atoms with van der Waals surface area (Å²) in [5.41, 5.74) is 0. The second-order valence-corrected chi connectivity index (χ2v) is 4.84. The van der Waals surface area contributed by atoms with Crippen molar-refractivity contribution in [2.45, 2.75) is 37.8 Å². The molecule has 2 aliphatic rings. The molecule has 2 rings (SSSR count). The maximum atomic E-state index is 12.3. The third-order valence-corrected chi connectivity index (χ3v) is 3.51. The lowest BCUT2D eigenvalue weighted by atomic mass is 10.1. The van der Waals surface area contributed by atoms with E-state index in [1.807, 2.05) is 0 Å². The zero-order valence-corrected chi connectivity index (χ0v) is 10.4. The summed E-state index contributed by atoms with van der Waals surface area (Å²) in [6.45, 7) is 1.81. The normalized spacial score (nSPS) is 29.7. The van der Waals surface area contributed by atoms with E-state index in [1.165, 1.54) is 0 Å². The third-order valence-electron chi connectivity index (χ3n) is 3.51. The van der Waals surface area contributed by atoms with Gasteiger partial charge in [0.25, 0.3) is 0 Å². The number of carboxylic acid groups (broad SMARTS) is 1. The number of hydrogen-bond acceptors (Lipinski definition) is 4. The van der Waals surface area contributed by atoms with E-state index in [1.54, 1.807) is 4.90 Å². The van der Waals surface area contributed by atoms with Crippen molar-refractivity contribution in [1.82, 2.24) is 10.2 Å². The minimum atomic E-state index is -0.999. The maximum absolute atomic E-state index is 12.3. The molecule has 0 radical (unpaired) electrons. The molecule has 2 atom stereocenters. The van der Waals surface area contributed by atoms with Crippen LogP contribution in [0.25, 0.3) is 0 Å². The lowest BCUT2D eigenvalue weighted by molar-refractivity contribution is -0.160. The highest BCUT2D eigenvalue weighted by Crippen LogP contribution is 2.13. The zero-order chi connectivity index (χ0) is 13.0. The monoisotopic (exact) mass is 256 g/mol. The quantitative estimate of drug-likeness (QED) is 0.717. The summed E-state index contributed by atoms with van der Waals surface area (Å²) in [7, 11) is 0. The summed E-state index contributed by atoms with van der Waals surface area (Å²) in [6.07, 6.45) is 3.26. The fourth-order valence-electron chi connectivity index (χ4n) is 2.46. The Bertz CT molecular complexity index is 313. The number of rotatable bonds is 2. The van der Waals surface area contributed by atoms with Gasteiger partial charge in [0.05, 0.1) is 19.2 Å². The van der Waals surface area contributed by atoms with Gasteiger partial charge >= 0.3 is 5.97 Å². The van der Waals surface area contributed by atoms with Crippen LogP contribution in [0.4, 0.5) is 0 Å². The van der Waals surface area contributed by atoms with E-state index in [2.05, 4.69) is 5.32 Å². The Hall–Kier alpha value is -1.14. The highest BCUT2D eigenvalue weighted by molar-refractivity contribution is 5.83. The second kappa shape index (κ2) is 6.15. The molecule has 2 unspecified atom stereocenters. The van der Waals surface area contributed by atoms with Gasteiger partial charge in [-0.05, 0) is 19.4 Å². The van der Waals surface area contributed by atoms with Crippen LogP contribution < -0.4 is 5.32 Å². The second-order valence-electron chi connectivity index (χ2n) is 4.84. The predicted molar refractivity (Wildman–Crippen MR) is 64.2 cm³/mol. The average Bonchev–Trinajstić information content (AvgIpc) is 2.67. The Balaban J connectivity index is 1.92. The van der Waals surface area contributed by atoms with Crippen LogP contribution in [0.15, 0.2) is 0 Å². The van der Waals surface area contributed by atoms with E-state index >= 15 is 0 Å². The van der Waals surface area contributed by atoms with Crippen LogP contribution in [0, 0.1) is 0 Å². The zero-order valence-electron chi connectivity index (χ0n) is 10.4. The van der Waals surface area contributed by atoms with Crippen LogP contribution in [0.1, 0.15) is 25.7 Å². The molecule has 0 spiro atoms. The molecule has 2 N–H and O–H groups in total. The van der Waals surface area contributed by atoms with Crippen LogP contribution in [0.3, 0.4) is 0 Å². The fraction of sp³-hybridized carbons (Fsp3) is 0.833. The van der Waals surface area contributed by atoms with Crippen LogP contribution in [0.2, 0.25) is 0 Å². The van der Waals surface area contributed by atoms with Crippen molar-refractivity contribution in [3.63, 3.8) is 0 Å². The molecule has 6 nitrogen and oxygen atoms in total. The van der Waals surface area contributed by atoms with Crippen LogP contribution >= 0.6 is 0 Å². The first-order chi connectivity index (χ1) is 8.68. The third kappa shape index (κ3) is 3.20. The standard InChI is InChI=1S/C12H20N2O4/c15-11(9-4-2-1-3-5-13-9)14-6-7-18-10(8-14)12(16)17/h9-10,13H,1-8H2,(H,16,17). The van der Waals surface area contributed by atoms with Crippen LogP contribution in [-0.2, 0) is 14.3 Å². The summed E-state index contributed by atoms with van der Waals surface area (Å²) in [5.74, 6) is -0.979. The summed E-state index contributed by atoms with van der Waals surface area (Å²) in [6, 6.07) is -0.153. The Morgan fingerprint density at radius 3 is 2.89 bits per heavy atom. The fourth-order valence-corrected chi connectivity index (χ4v) is 2.46. The SMILES string of the molecule is O=C(O)C1CN(C(=O)C2CCCCCN2)CCO1. The number of ether oxygens (including phenoxy) is 1. The maximum Gasteiger partial charge on any atom is 0.334 e. The average molecular weight is 256 g/mol. The van der Waals surface area contributed by atoms with E-state index in [4.69, 9.17) is 9.84 Å². The van der Waals surface area contributed by atoms with Gasteiger partial charge in [-0.1, -0.05) is 12.8 Å². The highest BCUT2D eigenvalue weighted by atomic mass is 16.5. The number of nitrogens with one attached hydrogen (secondary N) is 1. The first kappa shape index (κ1) is 13.3. The molecule has 2 fully saturated rings. The molecule has 0 aliphatic carbocycles. The number of carboxylic acids is 1. The summed E-state index contributed by atoms with van der Waals surface area (Å²) in [5, 5.41) is 12.2. The Labute approximate surface area is 106 Å². The minimum Gasteiger partial charge on any atom is -0.479 e. The molecule has 1 amide bonds. The van der Waals surface area contributed by atoms with Crippen molar-refractivity contribution in [2.75, 3.05) is 26.2 Å². The van der Waals surface area contributed by atoms with E-state index in [0.29, 0.717) is 13.2 Å². The minimum absolute atomic E-state index is 0.0199. The lowest BCUT2D eigenvalue weighted by Gasteiger charge is -2.33. The first-order valence-corrected chi connectivity index (χ1v) is 6.55. The lowest BCUT2D eigenvalue weighted by Crippen LogP contribution is -2.54. The van der Waals surface area contributed by atoms with Gasteiger partial charge in [0.1, 0.15) is 0 Å². The number of carbonyl (C=O) groups excluding carboxylic acids is 1. The Kier molecular flexibility index (Phi) is 4.54. The molecule has 6 heteroatoms. The molecule has 0 aromatic rings. The number of nitrogens with zero attached hydrogens (tertiary/aromatic N) is 1. The molecule has 2 heterocycles. The van der Waals surface area contributed by atoms with Crippen molar-refractivity contribution in [3.8, 4) is 0 Å². The molecular weight excluding hydrogens is 236 g/mol. The topological polar surface area (TPSA) is 78.9 Å². The molecule has 18 heavy (non-hydrogen) atoms. The molecule has 0 aromatic heterocycles. The first-order valence-electron chi connectivity index (χ1n) is 6.55. The van der Waals surface area contributed by atoms with Crippen molar-refractivity contribution in [2.24, 2.45) is 0 Å².